The van der Waals surface area contributed by atoms with E-state index in [1.54, 1.807) is 44.1 Å². The molecule has 0 radical (unpaired) electrons. The zero-order chi connectivity index (χ0) is 13.5. The largest absolute Gasteiger partial charge is 0.465 e. The van der Waals surface area contributed by atoms with Gasteiger partial charge in [0.1, 0.15) is 11.9 Å². The van der Waals surface area contributed by atoms with Gasteiger partial charge in [0.15, 0.2) is 0 Å². The number of ether oxygens (including phenoxy) is 1. The highest BCUT2D eigenvalue weighted by molar-refractivity contribution is 5.76. The summed E-state index contributed by atoms with van der Waals surface area (Å²) in [6.07, 6.45) is 0. The quantitative estimate of drug-likeness (QED) is 0.779. The van der Waals surface area contributed by atoms with Gasteiger partial charge < -0.3 is 15.0 Å². The van der Waals surface area contributed by atoms with Gasteiger partial charge in [-0.05, 0) is 26.1 Å². The summed E-state index contributed by atoms with van der Waals surface area (Å²) in [5.74, 6) is -0.637. The van der Waals surface area contributed by atoms with Crippen molar-refractivity contribution < 1.29 is 13.9 Å². The molecule has 1 unspecified atom stereocenters. The molecule has 1 aromatic rings. The Hall–Kier alpha value is -1.62. The number of esters is 1. The minimum Gasteiger partial charge on any atom is -0.465 e. The summed E-state index contributed by atoms with van der Waals surface area (Å²) >= 11 is 0. The van der Waals surface area contributed by atoms with E-state index < -0.39 is 6.04 Å². The molecule has 1 rings (SSSR count). The molecule has 0 saturated carbocycles. The van der Waals surface area contributed by atoms with Crippen LogP contribution in [0.4, 0.5) is 10.1 Å². The van der Waals surface area contributed by atoms with Crippen molar-refractivity contribution in [2.45, 2.75) is 13.0 Å². The van der Waals surface area contributed by atoms with Gasteiger partial charge in [-0.1, -0.05) is 12.1 Å². The molecular weight excluding hydrogens is 235 g/mol. The third kappa shape index (κ3) is 3.70. The lowest BCUT2D eigenvalue weighted by atomic mass is 10.2. The number of nitrogens with one attached hydrogen (secondary N) is 1. The molecule has 18 heavy (non-hydrogen) atoms. The Balaban J connectivity index is 2.70. The molecule has 0 aliphatic carbocycles. The Labute approximate surface area is 107 Å². The molecule has 0 heterocycles. The van der Waals surface area contributed by atoms with Crippen LogP contribution in [0.15, 0.2) is 24.3 Å². The van der Waals surface area contributed by atoms with E-state index in [1.807, 2.05) is 0 Å². The van der Waals surface area contributed by atoms with Gasteiger partial charge >= 0.3 is 5.97 Å². The highest BCUT2D eigenvalue weighted by Crippen LogP contribution is 2.17. The molecule has 5 heteroatoms. The number of hydrogen-bond acceptors (Lipinski definition) is 4. The van der Waals surface area contributed by atoms with Crippen molar-refractivity contribution >= 4 is 11.7 Å². The Morgan fingerprint density at radius 3 is 2.72 bits per heavy atom. The molecule has 1 aromatic carbocycles. The fourth-order valence-corrected chi connectivity index (χ4v) is 1.66. The number of para-hydroxylation sites is 1. The Kier molecular flexibility index (Phi) is 5.58. The minimum absolute atomic E-state index is 0.307. The molecule has 0 aliphatic heterocycles. The normalized spacial score (nSPS) is 12.0. The second-order valence-electron chi connectivity index (χ2n) is 3.93. The summed E-state index contributed by atoms with van der Waals surface area (Å²) in [6.45, 7) is 2.43. The van der Waals surface area contributed by atoms with E-state index >= 15 is 0 Å². The molecular formula is C13H19FN2O2. The van der Waals surface area contributed by atoms with Crippen molar-refractivity contribution in [1.82, 2.24) is 5.32 Å². The van der Waals surface area contributed by atoms with Gasteiger partial charge in [-0.3, -0.25) is 4.79 Å². The lowest BCUT2D eigenvalue weighted by molar-refractivity contribution is -0.145. The number of anilines is 1. The molecule has 1 N–H and O–H groups in total. The second kappa shape index (κ2) is 6.96. The zero-order valence-electron chi connectivity index (χ0n) is 10.9. The molecule has 0 fully saturated rings. The van der Waals surface area contributed by atoms with Gasteiger partial charge in [0.05, 0.1) is 12.3 Å². The first-order chi connectivity index (χ1) is 8.60. The fraction of sp³-hybridized carbons (Fsp3) is 0.462. The van der Waals surface area contributed by atoms with Crippen LogP contribution in [0.5, 0.6) is 0 Å². The number of halogens is 1. The van der Waals surface area contributed by atoms with Gasteiger partial charge in [0, 0.05) is 13.6 Å². The molecule has 0 amide bonds. The summed E-state index contributed by atoms with van der Waals surface area (Å²) in [5, 5.41) is 2.87. The van der Waals surface area contributed by atoms with Crippen molar-refractivity contribution in [3.05, 3.63) is 30.1 Å². The van der Waals surface area contributed by atoms with Gasteiger partial charge in [-0.15, -0.1) is 0 Å². The molecule has 0 saturated heterocycles. The van der Waals surface area contributed by atoms with Crippen molar-refractivity contribution in [2.75, 3.05) is 32.1 Å². The van der Waals surface area contributed by atoms with Crippen LogP contribution in [0.3, 0.4) is 0 Å². The number of nitrogens with zero attached hydrogens (tertiary/aromatic N) is 1. The van der Waals surface area contributed by atoms with Crippen LogP contribution in [-0.4, -0.2) is 39.3 Å². The standard InChI is InChI=1S/C13H19FN2O2/c1-4-18-13(17)11(15-2)9-16(3)12-8-6-5-7-10(12)14/h5-8,11,15H,4,9H2,1-3H3. The van der Waals surface area contributed by atoms with Crippen molar-refractivity contribution in [3.8, 4) is 0 Å². The highest BCUT2D eigenvalue weighted by atomic mass is 19.1. The SMILES string of the molecule is CCOC(=O)C(CN(C)c1ccccc1F)NC. The molecule has 0 aliphatic rings. The zero-order valence-corrected chi connectivity index (χ0v) is 10.9. The van der Waals surface area contributed by atoms with Crippen LogP contribution in [0.25, 0.3) is 0 Å². The average Bonchev–Trinajstić information content (AvgIpc) is 2.36. The number of carbonyl (C=O) groups is 1. The van der Waals surface area contributed by atoms with Gasteiger partial charge in [0.25, 0.3) is 0 Å². The third-order valence-electron chi connectivity index (χ3n) is 2.64. The number of hydrogen-bond donors (Lipinski definition) is 1. The van der Waals surface area contributed by atoms with E-state index in [9.17, 15) is 9.18 Å². The lowest BCUT2D eigenvalue weighted by Crippen LogP contribution is -2.44. The van der Waals surface area contributed by atoms with E-state index in [0.717, 1.165) is 0 Å². The van der Waals surface area contributed by atoms with Crippen molar-refractivity contribution in [3.63, 3.8) is 0 Å². The van der Waals surface area contributed by atoms with Gasteiger partial charge in [0.2, 0.25) is 0 Å². The molecule has 4 nitrogen and oxygen atoms in total. The molecule has 0 aromatic heterocycles. The Morgan fingerprint density at radius 2 is 2.17 bits per heavy atom. The van der Waals surface area contributed by atoms with Crippen molar-refractivity contribution in [1.29, 1.82) is 0 Å². The first-order valence-corrected chi connectivity index (χ1v) is 5.89. The lowest BCUT2D eigenvalue weighted by Gasteiger charge is -2.24. The van der Waals surface area contributed by atoms with E-state index in [-0.39, 0.29) is 11.8 Å². The summed E-state index contributed by atoms with van der Waals surface area (Å²) in [6, 6.07) is 5.98. The minimum atomic E-state index is -0.477. The average molecular weight is 254 g/mol. The maximum atomic E-state index is 13.6. The van der Waals surface area contributed by atoms with Crippen LogP contribution in [0.2, 0.25) is 0 Å². The van der Waals surface area contributed by atoms with E-state index in [4.69, 9.17) is 4.74 Å². The monoisotopic (exact) mass is 254 g/mol. The van der Waals surface area contributed by atoms with Crippen LogP contribution in [-0.2, 0) is 9.53 Å². The topological polar surface area (TPSA) is 41.6 Å². The van der Waals surface area contributed by atoms with Gasteiger partial charge in [-0.25, -0.2) is 4.39 Å². The predicted octanol–water partition coefficient (Wildman–Crippen LogP) is 1.41. The van der Waals surface area contributed by atoms with Gasteiger partial charge in [-0.2, -0.15) is 0 Å². The molecule has 0 bridgehead atoms. The number of benzene rings is 1. The van der Waals surface area contributed by atoms with Crippen LogP contribution in [0, 0.1) is 5.82 Å². The molecule has 0 spiro atoms. The van der Waals surface area contributed by atoms with E-state index in [0.29, 0.717) is 18.8 Å². The maximum absolute atomic E-state index is 13.6. The summed E-state index contributed by atoms with van der Waals surface area (Å²) in [4.78, 5) is 13.3. The highest BCUT2D eigenvalue weighted by Gasteiger charge is 2.20. The summed E-state index contributed by atoms with van der Waals surface area (Å²) < 4.78 is 18.5. The Morgan fingerprint density at radius 1 is 1.50 bits per heavy atom. The number of rotatable bonds is 6. The molecule has 1 atom stereocenters. The van der Waals surface area contributed by atoms with Crippen LogP contribution < -0.4 is 10.2 Å². The number of carbonyl (C=O) groups excluding carboxylic acids is 1. The first kappa shape index (κ1) is 14.4. The third-order valence-corrected chi connectivity index (χ3v) is 2.64. The van der Waals surface area contributed by atoms with Crippen molar-refractivity contribution in [2.24, 2.45) is 0 Å². The first-order valence-electron chi connectivity index (χ1n) is 5.89. The summed E-state index contributed by atoms with van der Waals surface area (Å²) in [5.41, 5.74) is 0.460. The fourth-order valence-electron chi connectivity index (χ4n) is 1.66. The van der Waals surface area contributed by atoms with E-state index in [1.165, 1.54) is 6.07 Å². The maximum Gasteiger partial charge on any atom is 0.324 e. The smallest absolute Gasteiger partial charge is 0.324 e. The second-order valence-corrected chi connectivity index (χ2v) is 3.93. The number of likely N-dealkylation sites (N-methyl/N-ethyl adjacent to an activating group) is 2. The Bertz CT molecular complexity index is 398. The predicted molar refractivity (Wildman–Crippen MR) is 69.2 cm³/mol. The van der Waals surface area contributed by atoms with E-state index in [2.05, 4.69) is 5.32 Å². The molecule has 100 valence electrons. The van der Waals surface area contributed by atoms with Crippen LogP contribution in [0.1, 0.15) is 6.92 Å². The summed E-state index contributed by atoms with van der Waals surface area (Å²) in [7, 11) is 3.42. The van der Waals surface area contributed by atoms with Crippen LogP contribution >= 0.6 is 0 Å².